The highest BCUT2D eigenvalue weighted by Crippen LogP contribution is 2.10. The summed E-state index contributed by atoms with van der Waals surface area (Å²) in [6, 6.07) is -0.0561. The standard InChI is InChI=1S/C11H20FNO2/c1-5-7-9(13(3)4)8-10(12)11(14)15-6-2/h8-9H,5-7H2,1-4H3/b10-8-. The molecule has 0 aromatic rings. The number of carbonyl (C=O) groups excluding carboxylic acids is 1. The van der Waals surface area contributed by atoms with E-state index in [4.69, 9.17) is 0 Å². The molecular weight excluding hydrogens is 197 g/mol. The molecule has 0 bridgehead atoms. The first-order valence-electron chi connectivity index (χ1n) is 5.23. The van der Waals surface area contributed by atoms with Crippen LogP contribution in [0.15, 0.2) is 11.9 Å². The van der Waals surface area contributed by atoms with Crippen LogP contribution in [0, 0.1) is 0 Å². The fourth-order valence-corrected chi connectivity index (χ4v) is 1.22. The lowest BCUT2D eigenvalue weighted by molar-refractivity contribution is -0.140. The fourth-order valence-electron chi connectivity index (χ4n) is 1.22. The minimum atomic E-state index is -0.875. The summed E-state index contributed by atoms with van der Waals surface area (Å²) in [5.41, 5.74) is 0. The molecule has 0 amide bonds. The molecule has 0 heterocycles. The molecule has 0 saturated carbocycles. The van der Waals surface area contributed by atoms with Crippen LogP contribution in [0.5, 0.6) is 0 Å². The number of hydrogen-bond donors (Lipinski definition) is 0. The van der Waals surface area contributed by atoms with Crippen LogP contribution < -0.4 is 0 Å². The zero-order chi connectivity index (χ0) is 11.8. The van der Waals surface area contributed by atoms with Crippen molar-refractivity contribution in [2.75, 3.05) is 20.7 Å². The average Bonchev–Trinajstić information content (AvgIpc) is 2.17. The number of hydrogen-bond acceptors (Lipinski definition) is 3. The van der Waals surface area contributed by atoms with Gasteiger partial charge in [0.25, 0.3) is 0 Å². The normalized spacial score (nSPS) is 14.1. The molecule has 0 aromatic heterocycles. The number of esters is 1. The Balaban J connectivity index is 4.45. The molecule has 0 radical (unpaired) electrons. The van der Waals surface area contributed by atoms with E-state index in [-0.39, 0.29) is 12.6 Å². The predicted octanol–water partition coefficient (Wildman–Crippen LogP) is 2.13. The Hall–Kier alpha value is -0.900. The van der Waals surface area contributed by atoms with Crippen LogP contribution in [-0.4, -0.2) is 37.6 Å². The topological polar surface area (TPSA) is 29.5 Å². The van der Waals surface area contributed by atoms with Crippen molar-refractivity contribution in [3.63, 3.8) is 0 Å². The van der Waals surface area contributed by atoms with Gasteiger partial charge >= 0.3 is 5.97 Å². The van der Waals surface area contributed by atoms with Crippen molar-refractivity contribution in [2.45, 2.75) is 32.7 Å². The lowest BCUT2D eigenvalue weighted by Gasteiger charge is -2.20. The number of rotatable bonds is 6. The van der Waals surface area contributed by atoms with Crippen LogP contribution in [0.3, 0.4) is 0 Å². The quantitative estimate of drug-likeness (QED) is 0.504. The molecule has 0 aromatic carbocycles. The van der Waals surface area contributed by atoms with Crippen LogP contribution in [0.2, 0.25) is 0 Å². The maximum absolute atomic E-state index is 13.3. The number of carbonyl (C=O) groups is 1. The van der Waals surface area contributed by atoms with E-state index in [1.165, 1.54) is 6.08 Å². The van der Waals surface area contributed by atoms with Gasteiger partial charge in [0.2, 0.25) is 5.83 Å². The molecule has 1 unspecified atom stereocenters. The Kier molecular flexibility index (Phi) is 6.96. The summed E-state index contributed by atoms with van der Waals surface area (Å²) in [5.74, 6) is -1.68. The number of likely N-dealkylation sites (N-methyl/N-ethyl adjacent to an activating group) is 1. The zero-order valence-electron chi connectivity index (χ0n) is 9.92. The van der Waals surface area contributed by atoms with Gasteiger partial charge < -0.3 is 9.64 Å². The minimum absolute atomic E-state index is 0.0561. The van der Waals surface area contributed by atoms with Gasteiger partial charge in [-0.2, -0.15) is 4.39 Å². The second kappa shape index (κ2) is 7.40. The van der Waals surface area contributed by atoms with E-state index >= 15 is 0 Å². The van der Waals surface area contributed by atoms with E-state index in [1.54, 1.807) is 6.92 Å². The number of nitrogens with zero attached hydrogens (tertiary/aromatic N) is 1. The summed E-state index contributed by atoms with van der Waals surface area (Å²) < 4.78 is 17.8. The van der Waals surface area contributed by atoms with Crippen molar-refractivity contribution < 1.29 is 13.9 Å². The van der Waals surface area contributed by atoms with Crippen molar-refractivity contribution in [2.24, 2.45) is 0 Å². The lowest BCUT2D eigenvalue weighted by Crippen LogP contribution is -2.26. The largest absolute Gasteiger partial charge is 0.461 e. The molecule has 3 nitrogen and oxygen atoms in total. The van der Waals surface area contributed by atoms with E-state index in [2.05, 4.69) is 4.74 Å². The highest BCUT2D eigenvalue weighted by molar-refractivity contribution is 5.86. The van der Waals surface area contributed by atoms with E-state index in [1.807, 2.05) is 25.9 Å². The smallest absolute Gasteiger partial charge is 0.366 e. The van der Waals surface area contributed by atoms with Crippen molar-refractivity contribution in [3.8, 4) is 0 Å². The van der Waals surface area contributed by atoms with Crippen LogP contribution in [0.4, 0.5) is 4.39 Å². The van der Waals surface area contributed by atoms with Gasteiger partial charge in [0, 0.05) is 6.04 Å². The molecular formula is C11H20FNO2. The van der Waals surface area contributed by atoms with Gasteiger partial charge in [-0.15, -0.1) is 0 Å². The fraction of sp³-hybridized carbons (Fsp3) is 0.727. The van der Waals surface area contributed by atoms with Gasteiger partial charge in [-0.1, -0.05) is 13.3 Å². The van der Waals surface area contributed by atoms with Crippen molar-refractivity contribution in [1.29, 1.82) is 0 Å². The van der Waals surface area contributed by atoms with Gasteiger partial charge in [0.15, 0.2) is 0 Å². The van der Waals surface area contributed by atoms with E-state index in [0.29, 0.717) is 0 Å². The number of ether oxygens (including phenoxy) is 1. The first-order valence-corrected chi connectivity index (χ1v) is 5.23. The van der Waals surface area contributed by atoms with Crippen LogP contribution >= 0.6 is 0 Å². The Bertz CT molecular complexity index is 227. The predicted molar refractivity (Wildman–Crippen MR) is 58.2 cm³/mol. The molecule has 4 heteroatoms. The van der Waals surface area contributed by atoms with Gasteiger partial charge in [-0.05, 0) is 33.5 Å². The third-order valence-corrected chi connectivity index (χ3v) is 2.06. The minimum Gasteiger partial charge on any atom is -0.461 e. The zero-order valence-corrected chi connectivity index (χ0v) is 9.92. The molecule has 15 heavy (non-hydrogen) atoms. The van der Waals surface area contributed by atoms with Gasteiger partial charge in [-0.25, -0.2) is 4.79 Å². The third-order valence-electron chi connectivity index (χ3n) is 2.06. The van der Waals surface area contributed by atoms with E-state index in [9.17, 15) is 9.18 Å². The van der Waals surface area contributed by atoms with Crippen molar-refractivity contribution >= 4 is 5.97 Å². The van der Waals surface area contributed by atoms with Crippen molar-refractivity contribution in [1.82, 2.24) is 4.90 Å². The molecule has 1 atom stereocenters. The molecule has 0 saturated heterocycles. The van der Waals surface area contributed by atoms with Crippen LogP contribution in [0.25, 0.3) is 0 Å². The lowest BCUT2D eigenvalue weighted by atomic mass is 10.1. The molecule has 0 rings (SSSR count). The summed E-state index contributed by atoms with van der Waals surface area (Å²) in [7, 11) is 3.71. The van der Waals surface area contributed by atoms with Gasteiger partial charge in [-0.3, -0.25) is 0 Å². The van der Waals surface area contributed by atoms with Crippen LogP contribution in [-0.2, 0) is 9.53 Å². The molecule has 0 N–H and O–H groups in total. The summed E-state index contributed by atoms with van der Waals surface area (Å²) in [6.45, 7) is 3.87. The summed E-state index contributed by atoms with van der Waals surface area (Å²) in [6.07, 6.45) is 3.08. The summed E-state index contributed by atoms with van der Waals surface area (Å²) in [4.78, 5) is 12.9. The first kappa shape index (κ1) is 14.1. The Morgan fingerprint density at radius 3 is 2.47 bits per heavy atom. The Morgan fingerprint density at radius 2 is 2.07 bits per heavy atom. The molecule has 0 spiro atoms. The highest BCUT2D eigenvalue weighted by Gasteiger charge is 2.14. The van der Waals surface area contributed by atoms with E-state index in [0.717, 1.165) is 12.8 Å². The SMILES string of the molecule is CCCC(/C=C(\F)C(=O)OCC)N(C)C. The second-order valence-corrected chi connectivity index (χ2v) is 3.55. The molecule has 88 valence electrons. The molecule has 0 aliphatic carbocycles. The van der Waals surface area contributed by atoms with Gasteiger partial charge in [0.1, 0.15) is 0 Å². The maximum atomic E-state index is 13.3. The molecule has 0 aliphatic rings. The summed E-state index contributed by atoms with van der Waals surface area (Å²) in [5, 5.41) is 0. The van der Waals surface area contributed by atoms with Crippen molar-refractivity contribution in [3.05, 3.63) is 11.9 Å². The third kappa shape index (κ3) is 5.52. The Labute approximate surface area is 90.9 Å². The van der Waals surface area contributed by atoms with E-state index < -0.39 is 11.8 Å². The number of halogens is 1. The molecule has 0 aliphatic heterocycles. The van der Waals surface area contributed by atoms with Gasteiger partial charge in [0.05, 0.1) is 6.61 Å². The Morgan fingerprint density at radius 1 is 1.47 bits per heavy atom. The average molecular weight is 217 g/mol. The maximum Gasteiger partial charge on any atom is 0.366 e. The highest BCUT2D eigenvalue weighted by atomic mass is 19.1. The second-order valence-electron chi connectivity index (χ2n) is 3.55. The monoisotopic (exact) mass is 217 g/mol. The molecule has 0 fully saturated rings. The summed E-state index contributed by atoms with van der Waals surface area (Å²) >= 11 is 0. The first-order chi connectivity index (χ1) is 7.02. The van der Waals surface area contributed by atoms with Crippen LogP contribution in [0.1, 0.15) is 26.7 Å².